The van der Waals surface area contributed by atoms with Gasteiger partial charge in [-0.3, -0.25) is 4.99 Å². The standard InChI is InChI=1S/C26H22F2N2O/c1-15-5-8-20-21-9-6-17(3)30-26(21)31-25(20)24(15)16(2)13-19(11-12-29-4)18-7-10-22(27)23(28)14-18/h5-14H,1-4H3/b16-13+,19-11+,29-12?. The third-order valence-corrected chi connectivity index (χ3v) is 5.28. The zero-order chi connectivity index (χ0) is 22.1. The first-order valence-electron chi connectivity index (χ1n) is 9.95. The van der Waals surface area contributed by atoms with E-state index in [0.717, 1.165) is 44.8 Å². The summed E-state index contributed by atoms with van der Waals surface area (Å²) < 4.78 is 33.5. The lowest BCUT2D eigenvalue weighted by molar-refractivity contribution is 0.508. The number of aromatic nitrogens is 1. The van der Waals surface area contributed by atoms with Crippen LogP contribution < -0.4 is 0 Å². The largest absolute Gasteiger partial charge is 0.437 e. The molecule has 0 spiro atoms. The van der Waals surface area contributed by atoms with Gasteiger partial charge in [-0.15, -0.1) is 0 Å². The van der Waals surface area contributed by atoms with Crippen LogP contribution in [0.15, 0.2) is 64.0 Å². The third kappa shape index (κ3) is 3.91. The fourth-order valence-electron chi connectivity index (χ4n) is 3.77. The topological polar surface area (TPSA) is 38.4 Å². The van der Waals surface area contributed by atoms with Gasteiger partial charge >= 0.3 is 0 Å². The van der Waals surface area contributed by atoms with Crippen molar-refractivity contribution in [2.75, 3.05) is 7.05 Å². The van der Waals surface area contributed by atoms with Gasteiger partial charge in [-0.25, -0.2) is 13.8 Å². The molecule has 0 aliphatic rings. The van der Waals surface area contributed by atoms with Crippen molar-refractivity contribution in [2.45, 2.75) is 20.8 Å². The maximum atomic E-state index is 13.9. The summed E-state index contributed by atoms with van der Waals surface area (Å²) in [7, 11) is 1.66. The number of halogens is 2. The van der Waals surface area contributed by atoms with Crippen molar-refractivity contribution >= 4 is 39.4 Å². The molecule has 2 heterocycles. The Labute approximate surface area is 179 Å². The molecule has 2 aromatic carbocycles. The number of rotatable bonds is 4. The summed E-state index contributed by atoms with van der Waals surface area (Å²) in [6.45, 7) is 5.93. The van der Waals surface area contributed by atoms with E-state index < -0.39 is 11.6 Å². The predicted octanol–water partition coefficient (Wildman–Crippen LogP) is 7.06. The average Bonchev–Trinajstić information content (AvgIpc) is 3.09. The zero-order valence-corrected chi connectivity index (χ0v) is 17.8. The van der Waals surface area contributed by atoms with Crippen molar-refractivity contribution in [3.05, 3.63) is 88.6 Å². The number of hydrogen-bond donors (Lipinski definition) is 0. The molecule has 0 saturated carbocycles. The van der Waals surface area contributed by atoms with Crippen molar-refractivity contribution in [1.82, 2.24) is 4.98 Å². The van der Waals surface area contributed by atoms with Gasteiger partial charge in [0.05, 0.1) is 0 Å². The number of fused-ring (bicyclic) bond motifs is 3. The van der Waals surface area contributed by atoms with Crippen LogP contribution in [0.25, 0.3) is 33.2 Å². The van der Waals surface area contributed by atoms with Crippen molar-refractivity contribution in [3.63, 3.8) is 0 Å². The second-order valence-electron chi connectivity index (χ2n) is 7.53. The van der Waals surface area contributed by atoms with Crippen LogP contribution >= 0.6 is 0 Å². The van der Waals surface area contributed by atoms with E-state index in [4.69, 9.17) is 4.42 Å². The van der Waals surface area contributed by atoms with E-state index in [0.29, 0.717) is 16.9 Å². The minimum Gasteiger partial charge on any atom is -0.437 e. The normalized spacial score (nSPS) is 13.1. The monoisotopic (exact) mass is 416 g/mol. The SMILES string of the molecule is CN=C/C=C(\C=C(/C)c1c(C)ccc2c1oc1nc(C)ccc12)c1ccc(F)c(F)c1. The fraction of sp³-hybridized carbons (Fsp3) is 0.154. The molecule has 2 aromatic heterocycles. The molecule has 156 valence electrons. The first kappa shape index (κ1) is 20.7. The molecule has 31 heavy (non-hydrogen) atoms. The van der Waals surface area contributed by atoms with Gasteiger partial charge in [0.15, 0.2) is 11.6 Å². The number of hydrogen-bond acceptors (Lipinski definition) is 3. The molecule has 3 nitrogen and oxygen atoms in total. The Morgan fingerprint density at radius 1 is 1.00 bits per heavy atom. The lowest BCUT2D eigenvalue weighted by atomic mass is 9.95. The molecule has 4 aromatic rings. The maximum Gasteiger partial charge on any atom is 0.227 e. The van der Waals surface area contributed by atoms with Gasteiger partial charge in [0.1, 0.15) is 5.58 Å². The number of pyridine rings is 1. The maximum absolute atomic E-state index is 13.9. The van der Waals surface area contributed by atoms with Crippen LogP contribution in [0.4, 0.5) is 8.78 Å². The molecule has 4 rings (SSSR count). The van der Waals surface area contributed by atoms with Crippen molar-refractivity contribution < 1.29 is 13.2 Å². The Bertz CT molecular complexity index is 1390. The quantitative estimate of drug-likeness (QED) is 0.264. The van der Waals surface area contributed by atoms with E-state index in [-0.39, 0.29) is 0 Å². The van der Waals surface area contributed by atoms with E-state index in [1.807, 2.05) is 45.0 Å². The number of allylic oxidation sites excluding steroid dienone is 4. The van der Waals surface area contributed by atoms with Gasteiger partial charge in [-0.05, 0) is 73.4 Å². The molecule has 0 aliphatic carbocycles. The Morgan fingerprint density at radius 3 is 2.52 bits per heavy atom. The highest BCUT2D eigenvalue weighted by Crippen LogP contribution is 2.36. The first-order valence-corrected chi connectivity index (χ1v) is 9.95. The number of nitrogens with zero attached hydrogens (tertiary/aromatic N) is 2. The lowest BCUT2D eigenvalue weighted by Gasteiger charge is -2.10. The third-order valence-electron chi connectivity index (χ3n) is 5.28. The summed E-state index contributed by atoms with van der Waals surface area (Å²) in [6, 6.07) is 12.0. The van der Waals surface area contributed by atoms with Crippen LogP contribution in [-0.4, -0.2) is 18.2 Å². The molecular weight excluding hydrogens is 394 g/mol. The highest BCUT2D eigenvalue weighted by Gasteiger charge is 2.16. The van der Waals surface area contributed by atoms with Gasteiger partial charge < -0.3 is 4.42 Å². The second kappa shape index (κ2) is 8.26. The minimum absolute atomic E-state index is 0.560. The second-order valence-corrected chi connectivity index (χ2v) is 7.53. The smallest absolute Gasteiger partial charge is 0.227 e. The predicted molar refractivity (Wildman–Crippen MR) is 123 cm³/mol. The molecule has 0 aliphatic heterocycles. The number of benzene rings is 2. The summed E-state index contributed by atoms with van der Waals surface area (Å²) in [5, 5.41) is 1.95. The number of furan rings is 1. The number of aliphatic imine (C=N–C) groups is 1. The van der Waals surface area contributed by atoms with Gasteiger partial charge in [0.2, 0.25) is 5.71 Å². The van der Waals surface area contributed by atoms with Crippen LogP contribution in [0.5, 0.6) is 0 Å². The first-order chi connectivity index (χ1) is 14.9. The average molecular weight is 416 g/mol. The van der Waals surface area contributed by atoms with E-state index >= 15 is 0 Å². The van der Waals surface area contributed by atoms with Crippen LogP contribution in [0.2, 0.25) is 0 Å². The Morgan fingerprint density at radius 2 is 1.77 bits per heavy atom. The molecule has 0 fully saturated rings. The molecule has 0 N–H and O–H groups in total. The van der Waals surface area contributed by atoms with Crippen LogP contribution in [0.1, 0.15) is 29.3 Å². The fourth-order valence-corrected chi connectivity index (χ4v) is 3.77. The van der Waals surface area contributed by atoms with Crippen molar-refractivity contribution in [1.29, 1.82) is 0 Å². The Balaban J connectivity index is 1.91. The van der Waals surface area contributed by atoms with E-state index in [1.54, 1.807) is 25.4 Å². The van der Waals surface area contributed by atoms with Gasteiger partial charge in [0.25, 0.3) is 0 Å². The highest BCUT2D eigenvalue weighted by atomic mass is 19.2. The lowest BCUT2D eigenvalue weighted by Crippen LogP contribution is -1.91. The molecule has 0 saturated heterocycles. The Hall–Kier alpha value is -3.60. The minimum atomic E-state index is -0.889. The van der Waals surface area contributed by atoms with Gasteiger partial charge in [-0.2, -0.15) is 0 Å². The van der Waals surface area contributed by atoms with Crippen LogP contribution in [0.3, 0.4) is 0 Å². The zero-order valence-electron chi connectivity index (χ0n) is 17.8. The number of aryl methyl sites for hydroxylation is 2. The molecule has 0 unspecified atom stereocenters. The summed E-state index contributed by atoms with van der Waals surface area (Å²) in [5.74, 6) is -1.77. The summed E-state index contributed by atoms with van der Waals surface area (Å²) in [5.41, 5.74) is 6.45. The van der Waals surface area contributed by atoms with E-state index in [9.17, 15) is 8.78 Å². The molecule has 0 bridgehead atoms. The highest BCUT2D eigenvalue weighted by molar-refractivity contribution is 6.08. The molecule has 0 atom stereocenters. The molecule has 5 heteroatoms. The van der Waals surface area contributed by atoms with E-state index in [2.05, 4.69) is 16.0 Å². The van der Waals surface area contributed by atoms with Crippen molar-refractivity contribution in [3.8, 4) is 0 Å². The summed E-state index contributed by atoms with van der Waals surface area (Å²) >= 11 is 0. The van der Waals surface area contributed by atoms with E-state index in [1.165, 1.54) is 6.07 Å². The molecular formula is C26H22F2N2O. The summed E-state index contributed by atoms with van der Waals surface area (Å²) in [6.07, 6.45) is 5.33. The molecule has 0 amide bonds. The van der Waals surface area contributed by atoms with Crippen molar-refractivity contribution in [2.24, 2.45) is 4.99 Å². The summed E-state index contributed by atoms with van der Waals surface area (Å²) in [4.78, 5) is 8.52. The van der Waals surface area contributed by atoms with Gasteiger partial charge in [-0.1, -0.05) is 24.3 Å². The Kier molecular flexibility index (Phi) is 5.51. The van der Waals surface area contributed by atoms with Crippen LogP contribution in [-0.2, 0) is 0 Å². The molecule has 0 radical (unpaired) electrons. The van der Waals surface area contributed by atoms with Gasteiger partial charge in [0, 0.05) is 35.3 Å². The van der Waals surface area contributed by atoms with Crippen LogP contribution in [0, 0.1) is 25.5 Å².